The summed E-state index contributed by atoms with van der Waals surface area (Å²) in [6, 6.07) is 7.25. The number of hydrogen-bond acceptors (Lipinski definition) is 6. The lowest BCUT2D eigenvalue weighted by molar-refractivity contribution is -0.148. The summed E-state index contributed by atoms with van der Waals surface area (Å²) in [7, 11) is 0. The Hall–Kier alpha value is -3.35. The van der Waals surface area contributed by atoms with Crippen molar-refractivity contribution in [3.8, 4) is 0 Å². The largest absolute Gasteiger partial charge is 0.459 e. The quantitative estimate of drug-likeness (QED) is 0.505. The standard InChI is InChI=1S/C22H23NO6/c1-12(2)20(23-21(25)17-6-5-7-27-17)22(26)28-11-15-10-19(24)29-18-9-14(4)13(3)8-16(15)18/h5-10,12,20H,11H2,1-4H3,(H,23,25)/t20-/m0/s1. The smallest absolute Gasteiger partial charge is 0.336 e. The molecule has 2 aromatic heterocycles. The first-order chi connectivity index (χ1) is 13.8. The van der Waals surface area contributed by atoms with Crippen LogP contribution in [0.5, 0.6) is 0 Å². The van der Waals surface area contributed by atoms with E-state index in [1.165, 1.54) is 18.4 Å². The van der Waals surface area contributed by atoms with Crippen LogP contribution in [0.3, 0.4) is 0 Å². The summed E-state index contributed by atoms with van der Waals surface area (Å²) in [6.07, 6.45) is 1.38. The Kier molecular flexibility index (Phi) is 5.87. The number of ether oxygens (including phenoxy) is 1. The van der Waals surface area contributed by atoms with Crippen LogP contribution in [0.4, 0.5) is 0 Å². The minimum atomic E-state index is -0.858. The molecular weight excluding hydrogens is 374 g/mol. The summed E-state index contributed by atoms with van der Waals surface area (Å²) in [4.78, 5) is 36.7. The number of carbonyl (C=O) groups excluding carboxylic acids is 2. The normalized spacial score (nSPS) is 12.2. The van der Waals surface area contributed by atoms with Crippen LogP contribution < -0.4 is 10.9 Å². The molecule has 7 heteroatoms. The average molecular weight is 397 g/mol. The third-order valence-electron chi connectivity index (χ3n) is 4.77. The molecule has 3 aromatic rings. The molecule has 0 bridgehead atoms. The van der Waals surface area contributed by atoms with Crippen molar-refractivity contribution in [3.63, 3.8) is 0 Å². The summed E-state index contributed by atoms with van der Waals surface area (Å²) in [5.74, 6) is -1.18. The molecule has 1 atom stereocenters. The van der Waals surface area contributed by atoms with Gasteiger partial charge in [-0.05, 0) is 55.2 Å². The first-order valence-electron chi connectivity index (χ1n) is 9.31. The van der Waals surface area contributed by atoms with Gasteiger partial charge in [0.25, 0.3) is 5.91 Å². The SMILES string of the molecule is Cc1cc2oc(=O)cc(COC(=O)[C@@H](NC(=O)c3ccco3)C(C)C)c2cc1C. The zero-order chi connectivity index (χ0) is 21.1. The minimum Gasteiger partial charge on any atom is -0.459 e. The van der Waals surface area contributed by atoms with E-state index in [2.05, 4.69) is 5.32 Å². The van der Waals surface area contributed by atoms with E-state index in [4.69, 9.17) is 13.6 Å². The van der Waals surface area contributed by atoms with Gasteiger partial charge in [0.1, 0.15) is 18.2 Å². The third kappa shape index (κ3) is 4.56. The lowest BCUT2D eigenvalue weighted by Crippen LogP contribution is -2.45. The van der Waals surface area contributed by atoms with Crippen molar-refractivity contribution in [2.75, 3.05) is 0 Å². The molecule has 0 saturated carbocycles. The number of nitrogens with one attached hydrogen (secondary N) is 1. The van der Waals surface area contributed by atoms with Crippen molar-refractivity contribution < 1.29 is 23.2 Å². The van der Waals surface area contributed by atoms with Crippen LogP contribution in [0.15, 0.2) is 50.2 Å². The van der Waals surface area contributed by atoms with Crippen LogP contribution in [-0.4, -0.2) is 17.9 Å². The number of benzene rings is 1. The topological polar surface area (TPSA) is 98.7 Å². The van der Waals surface area contributed by atoms with Crippen LogP contribution in [0.25, 0.3) is 11.0 Å². The number of furan rings is 1. The zero-order valence-corrected chi connectivity index (χ0v) is 16.8. The first-order valence-corrected chi connectivity index (χ1v) is 9.31. The molecule has 3 rings (SSSR count). The summed E-state index contributed by atoms with van der Waals surface area (Å²) < 4.78 is 15.8. The molecule has 152 valence electrons. The molecule has 1 amide bonds. The second kappa shape index (κ2) is 8.34. The molecule has 0 radical (unpaired) electrons. The maximum absolute atomic E-state index is 12.6. The fourth-order valence-electron chi connectivity index (χ4n) is 2.96. The molecule has 0 fully saturated rings. The van der Waals surface area contributed by atoms with Gasteiger partial charge in [0.2, 0.25) is 0 Å². The number of carbonyl (C=O) groups is 2. The van der Waals surface area contributed by atoms with Crippen LogP contribution in [0.1, 0.15) is 41.1 Å². The second-order valence-electron chi connectivity index (χ2n) is 7.30. The summed E-state index contributed by atoms with van der Waals surface area (Å²) in [5.41, 5.74) is 2.50. The number of esters is 1. The van der Waals surface area contributed by atoms with Crippen LogP contribution in [-0.2, 0) is 16.1 Å². The highest BCUT2D eigenvalue weighted by atomic mass is 16.5. The molecule has 1 N–H and O–H groups in total. The minimum absolute atomic E-state index is 0.108. The maximum Gasteiger partial charge on any atom is 0.336 e. The van der Waals surface area contributed by atoms with Crippen molar-refractivity contribution in [1.29, 1.82) is 0 Å². The maximum atomic E-state index is 12.6. The molecule has 7 nitrogen and oxygen atoms in total. The Morgan fingerprint density at radius 3 is 2.52 bits per heavy atom. The predicted octanol–water partition coefficient (Wildman–Crippen LogP) is 3.50. The highest BCUT2D eigenvalue weighted by Gasteiger charge is 2.27. The number of hydrogen-bond donors (Lipinski definition) is 1. The molecule has 1 aromatic carbocycles. The molecular formula is C22H23NO6. The Morgan fingerprint density at radius 1 is 1.14 bits per heavy atom. The Bertz CT molecular complexity index is 1090. The fraction of sp³-hybridized carbons (Fsp3) is 0.318. The number of aryl methyl sites for hydroxylation is 2. The highest BCUT2D eigenvalue weighted by Crippen LogP contribution is 2.22. The molecule has 0 spiro atoms. The molecule has 2 heterocycles. The predicted molar refractivity (Wildman–Crippen MR) is 107 cm³/mol. The van der Waals surface area contributed by atoms with Gasteiger partial charge in [-0.3, -0.25) is 4.79 Å². The zero-order valence-electron chi connectivity index (χ0n) is 16.8. The highest BCUT2D eigenvalue weighted by molar-refractivity contribution is 5.94. The van der Waals surface area contributed by atoms with E-state index in [0.29, 0.717) is 16.5 Å². The van der Waals surface area contributed by atoms with Crippen molar-refractivity contribution in [2.24, 2.45) is 5.92 Å². The van der Waals surface area contributed by atoms with Crippen LogP contribution in [0.2, 0.25) is 0 Å². The van der Waals surface area contributed by atoms with Gasteiger partial charge in [-0.25, -0.2) is 9.59 Å². The van der Waals surface area contributed by atoms with Crippen molar-refractivity contribution in [1.82, 2.24) is 5.32 Å². The Balaban J connectivity index is 1.78. The van der Waals surface area contributed by atoms with Crippen molar-refractivity contribution in [3.05, 3.63) is 69.5 Å². The van der Waals surface area contributed by atoms with E-state index in [1.807, 2.05) is 19.9 Å². The van der Waals surface area contributed by atoms with Crippen LogP contribution in [0, 0.1) is 19.8 Å². The number of rotatable bonds is 6. The summed E-state index contributed by atoms with van der Waals surface area (Å²) in [6.45, 7) is 7.37. The summed E-state index contributed by atoms with van der Waals surface area (Å²) in [5, 5.41) is 3.34. The van der Waals surface area contributed by atoms with Gasteiger partial charge in [-0.2, -0.15) is 0 Å². The molecule has 0 saturated heterocycles. The van der Waals surface area contributed by atoms with Crippen molar-refractivity contribution >= 4 is 22.8 Å². The summed E-state index contributed by atoms with van der Waals surface area (Å²) >= 11 is 0. The average Bonchev–Trinajstić information content (AvgIpc) is 3.19. The lowest BCUT2D eigenvalue weighted by atomic mass is 10.0. The number of fused-ring (bicyclic) bond motifs is 1. The lowest BCUT2D eigenvalue weighted by Gasteiger charge is -2.20. The van der Waals surface area contributed by atoms with Gasteiger partial charge in [0.15, 0.2) is 5.76 Å². The molecule has 0 aliphatic carbocycles. The van der Waals surface area contributed by atoms with Gasteiger partial charge in [-0.1, -0.05) is 13.8 Å². The molecule has 0 unspecified atom stereocenters. The van der Waals surface area contributed by atoms with Gasteiger partial charge in [0, 0.05) is 17.0 Å². The third-order valence-corrected chi connectivity index (χ3v) is 4.77. The molecule has 0 aliphatic rings. The van der Waals surface area contributed by atoms with E-state index in [-0.39, 0.29) is 18.3 Å². The fourth-order valence-corrected chi connectivity index (χ4v) is 2.96. The van der Waals surface area contributed by atoms with Crippen molar-refractivity contribution in [2.45, 2.75) is 40.3 Å². The van der Waals surface area contributed by atoms with E-state index < -0.39 is 23.5 Å². The van der Waals surface area contributed by atoms with Gasteiger partial charge in [0.05, 0.1) is 6.26 Å². The van der Waals surface area contributed by atoms with Crippen LogP contribution >= 0.6 is 0 Å². The van der Waals surface area contributed by atoms with E-state index in [0.717, 1.165) is 11.1 Å². The second-order valence-corrected chi connectivity index (χ2v) is 7.30. The van der Waals surface area contributed by atoms with Gasteiger partial charge < -0.3 is 18.9 Å². The van der Waals surface area contributed by atoms with E-state index >= 15 is 0 Å². The Morgan fingerprint density at radius 2 is 1.86 bits per heavy atom. The molecule has 0 aliphatic heterocycles. The number of amides is 1. The molecule has 29 heavy (non-hydrogen) atoms. The van der Waals surface area contributed by atoms with E-state index in [9.17, 15) is 14.4 Å². The monoisotopic (exact) mass is 397 g/mol. The Labute approximate surface area is 167 Å². The first kappa shape index (κ1) is 20.4. The van der Waals surface area contributed by atoms with E-state index in [1.54, 1.807) is 26.0 Å². The van der Waals surface area contributed by atoms with Gasteiger partial charge in [-0.15, -0.1) is 0 Å². The van der Waals surface area contributed by atoms with Gasteiger partial charge >= 0.3 is 11.6 Å².